The molecule has 1 atom stereocenters. The van der Waals surface area contributed by atoms with Crippen molar-refractivity contribution in [1.82, 2.24) is 5.32 Å². The Bertz CT molecular complexity index is 896. The van der Waals surface area contributed by atoms with Crippen molar-refractivity contribution in [1.29, 1.82) is 0 Å². The highest BCUT2D eigenvalue weighted by Crippen LogP contribution is 2.59. The molecule has 1 fully saturated rings. The molecule has 0 radical (unpaired) electrons. The molecule has 3 aromatic carbocycles. The topological polar surface area (TPSA) is 29.1 Å². The van der Waals surface area contributed by atoms with Crippen LogP contribution >= 0.6 is 0 Å². The maximum absolute atomic E-state index is 13.0. The van der Waals surface area contributed by atoms with Gasteiger partial charge in [0.15, 0.2) is 0 Å². The van der Waals surface area contributed by atoms with Crippen molar-refractivity contribution in [2.45, 2.75) is 32.1 Å². The maximum atomic E-state index is 13.0. The molecule has 1 saturated carbocycles. The molecule has 2 heteroatoms. The zero-order chi connectivity index (χ0) is 19.6. The Hall–Kier alpha value is -2.87. The standard InChI is InChI=1S/C26H27NO/c1-19-8-12-22(13-9-19)26(23-14-10-20(2)11-15-23)18-24(26)25(28)27-17-16-21-6-4-3-5-7-21/h3-15,24H,16-18H2,1-2H3,(H,27,28). The minimum absolute atomic E-state index is 0.00585. The van der Waals surface area contributed by atoms with Crippen LogP contribution in [-0.4, -0.2) is 12.5 Å². The minimum Gasteiger partial charge on any atom is -0.355 e. The monoisotopic (exact) mass is 369 g/mol. The third-order valence-corrected chi connectivity index (χ3v) is 5.97. The van der Waals surface area contributed by atoms with Gasteiger partial charge in [-0.05, 0) is 43.4 Å². The normalized spacial score (nSPS) is 17.1. The molecule has 0 bridgehead atoms. The average Bonchev–Trinajstić information content (AvgIpc) is 3.47. The largest absolute Gasteiger partial charge is 0.355 e. The summed E-state index contributed by atoms with van der Waals surface area (Å²) in [6.07, 6.45) is 1.73. The number of carbonyl (C=O) groups excluding carboxylic acids is 1. The van der Waals surface area contributed by atoms with Crippen molar-refractivity contribution >= 4 is 5.91 Å². The summed E-state index contributed by atoms with van der Waals surface area (Å²) in [5.41, 5.74) is 6.02. The van der Waals surface area contributed by atoms with Gasteiger partial charge in [0.25, 0.3) is 0 Å². The number of hydrogen-bond donors (Lipinski definition) is 1. The van der Waals surface area contributed by atoms with Gasteiger partial charge in [-0.1, -0.05) is 90.0 Å². The van der Waals surface area contributed by atoms with Gasteiger partial charge in [-0.3, -0.25) is 4.79 Å². The Morgan fingerprint density at radius 3 is 1.93 bits per heavy atom. The quantitative estimate of drug-likeness (QED) is 0.653. The van der Waals surface area contributed by atoms with Gasteiger partial charge in [0.1, 0.15) is 0 Å². The van der Waals surface area contributed by atoms with E-state index in [0.29, 0.717) is 6.54 Å². The van der Waals surface area contributed by atoms with Crippen LogP contribution in [0.2, 0.25) is 0 Å². The van der Waals surface area contributed by atoms with E-state index < -0.39 is 0 Å². The van der Waals surface area contributed by atoms with Gasteiger partial charge in [0.05, 0.1) is 5.92 Å². The fourth-order valence-electron chi connectivity index (χ4n) is 4.18. The first-order chi connectivity index (χ1) is 13.6. The highest BCUT2D eigenvalue weighted by molar-refractivity contribution is 5.86. The van der Waals surface area contributed by atoms with E-state index in [-0.39, 0.29) is 17.2 Å². The average molecular weight is 370 g/mol. The number of benzene rings is 3. The maximum Gasteiger partial charge on any atom is 0.224 e. The van der Waals surface area contributed by atoms with Crippen molar-refractivity contribution in [3.63, 3.8) is 0 Å². The summed E-state index contributed by atoms with van der Waals surface area (Å²) in [5.74, 6) is 0.158. The van der Waals surface area contributed by atoms with E-state index in [4.69, 9.17) is 0 Å². The molecule has 1 unspecified atom stereocenters. The van der Waals surface area contributed by atoms with E-state index in [1.165, 1.54) is 27.8 Å². The molecule has 0 spiro atoms. The Kier molecular flexibility index (Phi) is 5.04. The van der Waals surface area contributed by atoms with Gasteiger partial charge in [-0.15, -0.1) is 0 Å². The van der Waals surface area contributed by atoms with Gasteiger partial charge in [-0.2, -0.15) is 0 Å². The van der Waals surface area contributed by atoms with Crippen LogP contribution in [0.3, 0.4) is 0 Å². The summed E-state index contributed by atoms with van der Waals surface area (Å²) >= 11 is 0. The second-order valence-electron chi connectivity index (χ2n) is 7.99. The van der Waals surface area contributed by atoms with Gasteiger partial charge in [-0.25, -0.2) is 0 Å². The van der Waals surface area contributed by atoms with Crippen molar-refractivity contribution in [2.24, 2.45) is 5.92 Å². The summed E-state index contributed by atoms with van der Waals surface area (Å²) < 4.78 is 0. The first-order valence-electron chi connectivity index (χ1n) is 10.1. The number of nitrogens with one attached hydrogen (secondary N) is 1. The number of hydrogen-bond acceptors (Lipinski definition) is 1. The second kappa shape index (κ2) is 7.63. The van der Waals surface area contributed by atoms with Crippen LogP contribution in [0.5, 0.6) is 0 Å². The number of amides is 1. The lowest BCUT2D eigenvalue weighted by Gasteiger charge is -2.19. The molecule has 2 nitrogen and oxygen atoms in total. The predicted molar refractivity (Wildman–Crippen MR) is 114 cm³/mol. The van der Waals surface area contributed by atoms with E-state index >= 15 is 0 Å². The van der Waals surface area contributed by atoms with Crippen molar-refractivity contribution in [3.05, 3.63) is 107 Å². The molecule has 142 valence electrons. The Labute approximate surface area is 167 Å². The first-order valence-corrected chi connectivity index (χ1v) is 10.1. The van der Waals surface area contributed by atoms with Crippen LogP contribution in [-0.2, 0) is 16.6 Å². The molecule has 0 saturated heterocycles. The van der Waals surface area contributed by atoms with E-state index in [9.17, 15) is 4.79 Å². The van der Waals surface area contributed by atoms with Gasteiger partial charge >= 0.3 is 0 Å². The van der Waals surface area contributed by atoms with Crippen LogP contribution in [0.25, 0.3) is 0 Å². The van der Waals surface area contributed by atoms with E-state index in [2.05, 4.69) is 79.8 Å². The fourth-order valence-corrected chi connectivity index (χ4v) is 4.18. The molecule has 0 aliphatic heterocycles. The van der Waals surface area contributed by atoms with Crippen molar-refractivity contribution < 1.29 is 4.79 Å². The Morgan fingerprint density at radius 1 is 0.857 bits per heavy atom. The molecule has 1 aliphatic rings. The molecule has 1 aliphatic carbocycles. The van der Waals surface area contributed by atoms with E-state index in [1.807, 2.05) is 18.2 Å². The molecular weight excluding hydrogens is 342 g/mol. The number of rotatable bonds is 6. The number of aryl methyl sites for hydroxylation is 2. The summed E-state index contributed by atoms with van der Waals surface area (Å²) in [4.78, 5) is 13.0. The fraction of sp³-hybridized carbons (Fsp3) is 0.269. The van der Waals surface area contributed by atoms with Crippen molar-refractivity contribution in [2.75, 3.05) is 6.54 Å². The summed E-state index contributed by atoms with van der Waals surface area (Å²) in [7, 11) is 0. The van der Waals surface area contributed by atoms with E-state index in [0.717, 1.165) is 12.8 Å². The van der Waals surface area contributed by atoms with Gasteiger partial charge in [0, 0.05) is 12.0 Å². The second-order valence-corrected chi connectivity index (χ2v) is 7.99. The number of carbonyl (C=O) groups is 1. The van der Waals surface area contributed by atoms with Crippen LogP contribution in [0, 0.1) is 19.8 Å². The summed E-state index contributed by atoms with van der Waals surface area (Å²) in [6.45, 7) is 4.88. The molecular formula is C26H27NO. The van der Waals surface area contributed by atoms with Crippen LogP contribution < -0.4 is 5.32 Å². The van der Waals surface area contributed by atoms with Crippen LogP contribution in [0.15, 0.2) is 78.9 Å². The predicted octanol–water partition coefficient (Wildman–Crippen LogP) is 4.97. The van der Waals surface area contributed by atoms with Crippen LogP contribution in [0.4, 0.5) is 0 Å². The Balaban J connectivity index is 1.52. The Morgan fingerprint density at radius 2 is 1.39 bits per heavy atom. The molecule has 1 amide bonds. The molecule has 0 heterocycles. The lowest BCUT2D eigenvalue weighted by Crippen LogP contribution is -2.30. The zero-order valence-corrected chi connectivity index (χ0v) is 16.6. The van der Waals surface area contributed by atoms with Gasteiger partial charge in [0.2, 0.25) is 5.91 Å². The van der Waals surface area contributed by atoms with E-state index in [1.54, 1.807) is 0 Å². The zero-order valence-electron chi connectivity index (χ0n) is 16.6. The molecule has 3 aromatic rings. The van der Waals surface area contributed by atoms with Crippen molar-refractivity contribution in [3.8, 4) is 0 Å². The lowest BCUT2D eigenvalue weighted by atomic mass is 9.85. The molecule has 0 aromatic heterocycles. The minimum atomic E-state index is -0.196. The highest BCUT2D eigenvalue weighted by atomic mass is 16.2. The first kappa shape index (κ1) is 18.5. The highest BCUT2D eigenvalue weighted by Gasteiger charge is 2.60. The van der Waals surface area contributed by atoms with Crippen LogP contribution in [0.1, 0.15) is 34.2 Å². The third kappa shape index (κ3) is 3.60. The SMILES string of the molecule is Cc1ccc(C2(c3ccc(C)cc3)CC2C(=O)NCCc2ccccc2)cc1. The summed E-state index contributed by atoms with van der Waals surface area (Å²) in [6, 6.07) is 27.6. The molecule has 1 N–H and O–H groups in total. The summed E-state index contributed by atoms with van der Waals surface area (Å²) in [5, 5.41) is 3.17. The lowest BCUT2D eigenvalue weighted by molar-refractivity contribution is -0.122. The molecule has 28 heavy (non-hydrogen) atoms. The smallest absolute Gasteiger partial charge is 0.224 e. The molecule has 4 rings (SSSR count). The third-order valence-electron chi connectivity index (χ3n) is 5.97. The van der Waals surface area contributed by atoms with Gasteiger partial charge < -0.3 is 5.32 Å².